The van der Waals surface area contributed by atoms with Crippen molar-refractivity contribution in [3.8, 4) is 16.9 Å². The summed E-state index contributed by atoms with van der Waals surface area (Å²) in [6.07, 6.45) is 1.08. The molecule has 2 aliphatic rings. The highest BCUT2D eigenvalue weighted by atomic mass is 35.5. The first-order chi connectivity index (χ1) is 19.3. The van der Waals surface area contributed by atoms with E-state index in [1.807, 2.05) is 13.0 Å². The lowest BCUT2D eigenvalue weighted by atomic mass is 9.96. The number of rotatable bonds is 7. The summed E-state index contributed by atoms with van der Waals surface area (Å²) in [6.45, 7) is 9.10. The number of phenols is 1. The van der Waals surface area contributed by atoms with E-state index in [4.69, 9.17) is 27.9 Å². The minimum atomic E-state index is -0.528. The maximum absolute atomic E-state index is 14.3. The van der Waals surface area contributed by atoms with Gasteiger partial charge in [-0.25, -0.2) is 9.37 Å². The van der Waals surface area contributed by atoms with Crippen molar-refractivity contribution in [2.24, 2.45) is 10.2 Å². The van der Waals surface area contributed by atoms with E-state index in [1.165, 1.54) is 0 Å². The van der Waals surface area contributed by atoms with E-state index < -0.39 is 5.82 Å². The predicted molar refractivity (Wildman–Crippen MR) is 154 cm³/mol. The summed E-state index contributed by atoms with van der Waals surface area (Å²) < 4.78 is 19.7. The van der Waals surface area contributed by atoms with Crippen LogP contribution in [0, 0.1) is 12.7 Å². The fourth-order valence-corrected chi connectivity index (χ4v) is 5.66. The zero-order valence-electron chi connectivity index (χ0n) is 22.6. The van der Waals surface area contributed by atoms with Crippen molar-refractivity contribution in [3.63, 3.8) is 0 Å². The number of piperazine rings is 1. The fourth-order valence-electron chi connectivity index (χ4n) is 5.03. The number of halogens is 3. The molecule has 0 atom stereocenters. The van der Waals surface area contributed by atoms with E-state index in [2.05, 4.69) is 43.1 Å². The summed E-state index contributed by atoms with van der Waals surface area (Å²) >= 11 is 13.2. The standard InChI is InChI=1S/C28H32Cl2FN7O2/c1-18-11-19(17-37-5-3-36(2)4-6-37)12-22(29)25(18)20-13-21(26(39)23(30)14-20)15-33-35-28-32-16-24(31)27(34-28)38-7-9-40-10-8-38/h11-14,16,39H,3-10,15,17H2,1-2H3. The van der Waals surface area contributed by atoms with Crippen LogP contribution in [-0.2, 0) is 17.8 Å². The number of aromatic nitrogens is 2. The highest BCUT2D eigenvalue weighted by Crippen LogP contribution is 2.39. The number of likely N-dealkylation sites (N-methyl/N-ethyl adjacent to an activating group) is 1. The third-order valence-corrected chi connectivity index (χ3v) is 7.79. The van der Waals surface area contributed by atoms with Crippen molar-refractivity contribution in [1.29, 1.82) is 0 Å². The number of phenolic OH excluding ortho intramolecular Hbond substituents is 1. The minimum absolute atomic E-state index is 0.0190. The Morgan fingerprint density at radius 3 is 2.50 bits per heavy atom. The topological polar surface area (TPSA) is 89.7 Å². The number of aromatic hydroxyl groups is 1. The molecule has 5 rings (SSSR count). The van der Waals surface area contributed by atoms with E-state index in [0.717, 1.165) is 61.2 Å². The molecule has 2 aromatic carbocycles. The number of hydrogen-bond donors (Lipinski definition) is 1. The smallest absolute Gasteiger partial charge is 0.270 e. The number of anilines is 1. The molecule has 2 aliphatic heterocycles. The van der Waals surface area contributed by atoms with Crippen molar-refractivity contribution in [2.75, 3.05) is 64.4 Å². The lowest BCUT2D eigenvalue weighted by molar-refractivity contribution is 0.122. The molecule has 40 heavy (non-hydrogen) atoms. The molecule has 0 aliphatic carbocycles. The average Bonchev–Trinajstić information content (AvgIpc) is 2.93. The number of hydrogen-bond acceptors (Lipinski definition) is 9. The Hall–Kier alpha value is -2.89. The molecule has 3 aromatic rings. The number of morpholine rings is 1. The molecular formula is C28H32Cl2FN7O2. The predicted octanol–water partition coefficient (Wildman–Crippen LogP) is 5.47. The molecule has 9 nitrogen and oxygen atoms in total. The number of nitrogens with zero attached hydrogens (tertiary/aromatic N) is 7. The normalized spacial score (nSPS) is 17.2. The molecule has 0 bridgehead atoms. The Balaban J connectivity index is 1.34. The number of aryl methyl sites for hydroxylation is 1. The van der Waals surface area contributed by atoms with Gasteiger partial charge in [-0.15, -0.1) is 5.11 Å². The Bertz CT molecular complexity index is 1370. The van der Waals surface area contributed by atoms with Crippen molar-refractivity contribution in [2.45, 2.75) is 20.0 Å². The molecule has 0 spiro atoms. The van der Waals surface area contributed by atoms with Gasteiger partial charge in [0.2, 0.25) is 0 Å². The summed E-state index contributed by atoms with van der Waals surface area (Å²) in [5.74, 6) is -0.417. The van der Waals surface area contributed by atoms with Crippen LogP contribution in [-0.4, -0.2) is 84.4 Å². The second kappa shape index (κ2) is 12.7. The van der Waals surface area contributed by atoms with E-state index in [9.17, 15) is 9.50 Å². The van der Waals surface area contributed by atoms with Crippen LogP contribution in [0.2, 0.25) is 10.0 Å². The van der Waals surface area contributed by atoms with Gasteiger partial charge >= 0.3 is 0 Å². The van der Waals surface area contributed by atoms with Crippen LogP contribution in [0.3, 0.4) is 0 Å². The van der Waals surface area contributed by atoms with E-state index >= 15 is 0 Å². The van der Waals surface area contributed by atoms with Crippen molar-refractivity contribution < 1.29 is 14.2 Å². The van der Waals surface area contributed by atoms with Gasteiger partial charge in [0.1, 0.15) is 5.75 Å². The molecule has 0 saturated carbocycles. The van der Waals surface area contributed by atoms with Crippen LogP contribution in [0.5, 0.6) is 5.75 Å². The summed E-state index contributed by atoms with van der Waals surface area (Å²) in [6, 6.07) is 7.65. The van der Waals surface area contributed by atoms with Gasteiger partial charge in [0.15, 0.2) is 11.6 Å². The first-order valence-electron chi connectivity index (χ1n) is 13.2. The van der Waals surface area contributed by atoms with Gasteiger partial charge < -0.3 is 19.6 Å². The molecule has 0 radical (unpaired) electrons. The highest BCUT2D eigenvalue weighted by molar-refractivity contribution is 6.34. The van der Waals surface area contributed by atoms with Gasteiger partial charge in [-0.3, -0.25) is 4.90 Å². The fraction of sp³-hybridized carbons (Fsp3) is 0.429. The molecule has 2 saturated heterocycles. The first kappa shape index (κ1) is 28.6. The van der Waals surface area contributed by atoms with Crippen LogP contribution in [0.25, 0.3) is 11.1 Å². The Morgan fingerprint density at radius 2 is 1.77 bits per heavy atom. The Morgan fingerprint density at radius 1 is 1.02 bits per heavy atom. The van der Waals surface area contributed by atoms with Crippen LogP contribution in [0.15, 0.2) is 40.7 Å². The van der Waals surface area contributed by atoms with Crippen molar-refractivity contribution in [3.05, 3.63) is 63.0 Å². The van der Waals surface area contributed by atoms with Crippen LogP contribution < -0.4 is 4.90 Å². The third-order valence-electron chi connectivity index (χ3n) is 7.20. The van der Waals surface area contributed by atoms with Gasteiger partial charge in [0, 0.05) is 62.0 Å². The van der Waals surface area contributed by atoms with Gasteiger partial charge in [-0.05, 0) is 48.9 Å². The maximum Gasteiger partial charge on any atom is 0.270 e. The monoisotopic (exact) mass is 587 g/mol. The van der Waals surface area contributed by atoms with Gasteiger partial charge in [0.05, 0.1) is 31.0 Å². The molecule has 3 heterocycles. The van der Waals surface area contributed by atoms with Crippen molar-refractivity contribution in [1.82, 2.24) is 19.8 Å². The summed E-state index contributed by atoms with van der Waals surface area (Å²) in [5, 5.41) is 19.7. The molecule has 2 fully saturated rings. The molecule has 0 unspecified atom stereocenters. The second-order valence-corrected chi connectivity index (χ2v) is 11.0. The first-order valence-corrected chi connectivity index (χ1v) is 14.0. The summed E-state index contributed by atoms with van der Waals surface area (Å²) in [7, 11) is 2.14. The zero-order valence-corrected chi connectivity index (χ0v) is 24.1. The quantitative estimate of drug-likeness (QED) is 0.366. The number of ether oxygens (including phenoxy) is 1. The van der Waals surface area contributed by atoms with Gasteiger partial charge in [-0.2, -0.15) is 10.1 Å². The third kappa shape index (κ3) is 6.70. The molecule has 1 N–H and O–H groups in total. The molecular weight excluding hydrogens is 556 g/mol. The molecule has 1 aromatic heterocycles. The molecule has 12 heteroatoms. The summed E-state index contributed by atoms with van der Waals surface area (Å²) in [4.78, 5) is 14.7. The largest absolute Gasteiger partial charge is 0.506 e. The number of benzene rings is 2. The van der Waals surface area contributed by atoms with Crippen molar-refractivity contribution >= 4 is 35.0 Å². The Kier molecular flexibility index (Phi) is 9.12. The SMILES string of the molecule is Cc1cc(CN2CCN(C)CC2)cc(Cl)c1-c1cc(Cl)c(O)c(CN=Nc2ncc(F)c(N3CCOCC3)n2)c1. The molecule has 0 amide bonds. The summed E-state index contributed by atoms with van der Waals surface area (Å²) in [5.41, 5.74) is 4.26. The van der Waals surface area contributed by atoms with Crippen LogP contribution in [0.4, 0.5) is 16.2 Å². The maximum atomic E-state index is 14.3. The highest BCUT2D eigenvalue weighted by Gasteiger charge is 2.19. The van der Waals surface area contributed by atoms with E-state index in [1.54, 1.807) is 17.0 Å². The average molecular weight is 589 g/mol. The second-order valence-electron chi connectivity index (χ2n) is 10.2. The minimum Gasteiger partial charge on any atom is -0.506 e. The Labute approximate surface area is 243 Å². The van der Waals surface area contributed by atoms with Crippen LogP contribution in [0.1, 0.15) is 16.7 Å². The van der Waals surface area contributed by atoms with Crippen LogP contribution >= 0.6 is 23.2 Å². The lowest BCUT2D eigenvalue weighted by Crippen LogP contribution is -2.43. The lowest BCUT2D eigenvalue weighted by Gasteiger charge is -2.32. The van der Waals surface area contributed by atoms with E-state index in [-0.39, 0.29) is 29.1 Å². The van der Waals surface area contributed by atoms with E-state index in [0.29, 0.717) is 36.9 Å². The van der Waals surface area contributed by atoms with Gasteiger partial charge in [0.25, 0.3) is 5.95 Å². The number of azo groups is 1. The zero-order chi connectivity index (χ0) is 28.2. The van der Waals surface area contributed by atoms with Gasteiger partial charge in [-0.1, -0.05) is 29.3 Å². The molecule has 212 valence electrons.